The van der Waals surface area contributed by atoms with Crippen LogP contribution in [0.4, 0.5) is 26.4 Å². The van der Waals surface area contributed by atoms with E-state index in [9.17, 15) is 14.0 Å². The summed E-state index contributed by atoms with van der Waals surface area (Å²) >= 11 is 0. The molecule has 0 bridgehead atoms. The SMILES string of the molecule is CC(C)n1cc(C(=O)c2cccc(NC(=O)Nc3cccc(F)c3)c2)c2c(N)ncnc21. The molecule has 0 unspecified atom stereocenters. The van der Waals surface area contributed by atoms with E-state index in [1.54, 1.807) is 36.5 Å². The lowest BCUT2D eigenvalue weighted by atomic mass is 10.0. The first-order valence-corrected chi connectivity index (χ1v) is 9.93. The maximum atomic E-state index is 13.3. The van der Waals surface area contributed by atoms with Crippen LogP contribution in [0.1, 0.15) is 35.8 Å². The molecule has 2 aromatic heterocycles. The van der Waals surface area contributed by atoms with Crippen molar-refractivity contribution in [2.75, 3.05) is 16.4 Å². The van der Waals surface area contributed by atoms with Gasteiger partial charge in [-0.1, -0.05) is 18.2 Å². The van der Waals surface area contributed by atoms with E-state index in [2.05, 4.69) is 20.6 Å². The van der Waals surface area contributed by atoms with Gasteiger partial charge in [0.1, 0.15) is 23.6 Å². The molecule has 2 amide bonds. The number of nitrogens with one attached hydrogen (secondary N) is 2. The normalized spacial score (nSPS) is 11.0. The molecule has 4 N–H and O–H groups in total. The third-order valence-corrected chi connectivity index (χ3v) is 4.90. The molecule has 0 spiro atoms. The minimum atomic E-state index is -0.561. The molecular formula is C23H21FN6O2. The molecule has 2 heterocycles. The number of nitrogens with zero attached hydrogens (tertiary/aromatic N) is 3. The quantitative estimate of drug-likeness (QED) is 0.399. The molecule has 4 aromatic rings. The number of carbonyl (C=O) groups excluding carboxylic acids is 2. The van der Waals surface area contributed by atoms with Gasteiger partial charge in [0.2, 0.25) is 0 Å². The summed E-state index contributed by atoms with van der Waals surface area (Å²) in [5.74, 6) is -0.509. The highest BCUT2D eigenvalue weighted by Gasteiger charge is 2.21. The Kier molecular flexibility index (Phi) is 5.55. The molecule has 0 saturated carbocycles. The predicted molar refractivity (Wildman–Crippen MR) is 121 cm³/mol. The third-order valence-electron chi connectivity index (χ3n) is 4.90. The van der Waals surface area contributed by atoms with Crippen LogP contribution in [0, 0.1) is 5.82 Å². The summed E-state index contributed by atoms with van der Waals surface area (Å²) in [6.07, 6.45) is 3.09. The van der Waals surface area contributed by atoms with E-state index in [4.69, 9.17) is 5.73 Å². The average molecular weight is 432 g/mol. The summed E-state index contributed by atoms with van der Waals surface area (Å²) in [5, 5.41) is 5.69. The number of nitrogens with two attached hydrogens (primary N) is 1. The fourth-order valence-corrected chi connectivity index (χ4v) is 3.43. The molecule has 9 heteroatoms. The summed E-state index contributed by atoms with van der Waals surface area (Å²) in [6.45, 7) is 3.96. The fourth-order valence-electron chi connectivity index (χ4n) is 3.43. The number of benzene rings is 2. The fraction of sp³-hybridized carbons (Fsp3) is 0.130. The van der Waals surface area contributed by atoms with Gasteiger partial charge in [0.15, 0.2) is 5.78 Å². The average Bonchev–Trinajstić information content (AvgIpc) is 3.15. The Bertz CT molecular complexity index is 1330. The van der Waals surface area contributed by atoms with E-state index < -0.39 is 11.8 Å². The van der Waals surface area contributed by atoms with E-state index in [-0.39, 0.29) is 17.6 Å². The van der Waals surface area contributed by atoms with Crippen LogP contribution in [0.15, 0.2) is 61.1 Å². The van der Waals surface area contributed by atoms with E-state index >= 15 is 0 Å². The Labute approximate surface area is 183 Å². The van der Waals surface area contributed by atoms with Gasteiger partial charge in [-0.2, -0.15) is 0 Å². The molecule has 0 aliphatic carbocycles. The number of halogens is 1. The van der Waals surface area contributed by atoms with Crippen molar-refractivity contribution < 1.29 is 14.0 Å². The Morgan fingerprint density at radius 1 is 1.03 bits per heavy atom. The maximum absolute atomic E-state index is 13.3. The van der Waals surface area contributed by atoms with Crippen molar-refractivity contribution >= 4 is 40.0 Å². The Balaban J connectivity index is 1.61. The first-order chi connectivity index (χ1) is 15.3. The minimum Gasteiger partial charge on any atom is -0.383 e. The van der Waals surface area contributed by atoms with Crippen LogP contribution < -0.4 is 16.4 Å². The van der Waals surface area contributed by atoms with Gasteiger partial charge in [-0.25, -0.2) is 19.2 Å². The van der Waals surface area contributed by atoms with E-state index in [1.807, 2.05) is 18.4 Å². The summed E-state index contributed by atoms with van der Waals surface area (Å²) in [7, 11) is 0. The summed E-state index contributed by atoms with van der Waals surface area (Å²) in [6, 6.07) is 11.6. The molecule has 4 rings (SSSR count). The number of fused-ring (bicyclic) bond motifs is 1. The first kappa shape index (κ1) is 21.0. The zero-order valence-electron chi connectivity index (χ0n) is 17.5. The summed E-state index contributed by atoms with van der Waals surface area (Å²) in [4.78, 5) is 33.9. The Morgan fingerprint density at radius 3 is 2.41 bits per heavy atom. The molecule has 162 valence electrons. The molecule has 0 fully saturated rings. The van der Waals surface area contributed by atoms with Gasteiger partial charge >= 0.3 is 6.03 Å². The Hall–Kier alpha value is -4.27. The van der Waals surface area contributed by atoms with Crippen LogP contribution in [-0.2, 0) is 0 Å². The number of hydrogen-bond acceptors (Lipinski definition) is 5. The second-order valence-corrected chi connectivity index (χ2v) is 7.50. The number of anilines is 3. The number of amides is 2. The Morgan fingerprint density at radius 2 is 1.72 bits per heavy atom. The van der Waals surface area contributed by atoms with Crippen LogP contribution in [0.2, 0.25) is 0 Å². The van der Waals surface area contributed by atoms with Gasteiger partial charge in [-0.3, -0.25) is 4.79 Å². The number of carbonyl (C=O) groups is 2. The molecule has 0 aliphatic rings. The largest absolute Gasteiger partial charge is 0.383 e. The van der Waals surface area contributed by atoms with Gasteiger partial charge in [0.05, 0.1) is 10.9 Å². The van der Waals surface area contributed by atoms with Crippen molar-refractivity contribution in [1.82, 2.24) is 14.5 Å². The first-order valence-electron chi connectivity index (χ1n) is 9.93. The number of hydrogen-bond donors (Lipinski definition) is 3. The van der Waals surface area contributed by atoms with Crippen LogP contribution >= 0.6 is 0 Å². The topological polar surface area (TPSA) is 115 Å². The standard InChI is InChI=1S/C23H21FN6O2/c1-13(2)30-11-18(19-21(25)26-12-27-22(19)30)20(31)14-5-3-7-16(9-14)28-23(32)29-17-8-4-6-15(24)10-17/h3-13H,1-2H3,(H2,25,26,27)(H2,28,29,32). The van der Waals surface area contributed by atoms with Crippen LogP contribution in [-0.4, -0.2) is 26.3 Å². The lowest BCUT2D eigenvalue weighted by Crippen LogP contribution is -2.19. The van der Waals surface area contributed by atoms with Gasteiger partial charge in [-0.15, -0.1) is 0 Å². The van der Waals surface area contributed by atoms with Crippen molar-refractivity contribution in [3.05, 3.63) is 78.0 Å². The van der Waals surface area contributed by atoms with Gasteiger partial charge in [0, 0.05) is 29.2 Å². The zero-order valence-corrected chi connectivity index (χ0v) is 17.5. The van der Waals surface area contributed by atoms with Gasteiger partial charge < -0.3 is 20.9 Å². The van der Waals surface area contributed by atoms with Crippen LogP contribution in [0.5, 0.6) is 0 Å². The van der Waals surface area contributed by atoms with E-state index in [0.717, 1.165) is 0 Å². The molecule has 0 radical (unpaired) electrons. The van der Waals surface area contributed by atoms with Gasteiger partial charge in [-0.05, 0) is 44.2 Å². The highest BCUT2D eigenvalue weighted by Crippen LogP contribution is 2.29. The number of urea groups is 1. The molecule has 0 atom stereocenters. The van der Waals surface area contributed by atoms with Gasteiger partial charge in [0.25, 0.3) is 0 Å². The molecule has 0 saturated heterocycles. The molecule has 32 heavy (non-hydrogen) atoms. The van der Waals surface area contributed by atoms with E-state index in [1.165, 1.54) is 24.5 Å². The highest BCUT2D eigenvalue weighted by atomic mass is 19.1. The van der Waals surface area contributed by atoms with Crippen LogP contribution in [0.3, 0.4) is 0 Å². The number of ketones is 1. The minimum absolute atomic E-state index is 0.0628. The number of aromatic nitrogens is 3. The second kappa shape index (κ2) is 8.46. The number of nitrogen functional groups attached to an aromatic ring is 1. The third kappa shape index (κ3) is 4.13. The lowest BCUT2D eigenvalue weighted by Gasteiger charge is -2.09. The lowest BCUT2D eigenvalue weighted by molar-refractivity contribution is 0.104. The highest BCUT2D eigenvalue weighted by molar-refractivity contribution is 6.18. The maximum Gasteiger partial charge on any atom is 0.323 e. The van der Waals surface area contributed by atoms with Crippen molar-refractivity contribution in [3.8, 4) is 0 Å². The molecular weight excluding hydrogens is 411 g/mol. The summed E-state index contributed by atoms with van der Waals surface area (Å²) < 4.78 is 15.2. The second-order valence-electron chi connectivity index (χ2n) is 7.50. The number of rotatable bonds is 5. The van der Waals surface area contributed by atoms with Crippen molar-refractivity contribution in [1.29, 1.82) is 0 Å². The predicted octanol–water partition coefficient (Wildman–Crippen LogP) is 4.61. The zero-order chi connectivity index (χ0) is 22.8. The van der Waals surface area contributed by atoms with E-state index in [0.29, 0.717) is 33.5 Å². The van der Waals surface area contributed by atoms with Crippen molar-refractivity contribution in [3.63, 3.8) is 0 Å². The molecule has 0 aliphatic heterocycles. The van der Waals surface area contributed by atoms with Crippen molar-refractivity contribution in [2.45, 2.75) is 19.9 Å². The summed E-state index contributed by atoms with van der Waals surface area (Å²) in [5.41, 5.74) is 8.10. The smallest absolute Gasteiger partial charge is 0.323 e. The van der Waals surface area contributed by atoms with Crippen molar-refractivity contribution in [2.24, 2.45) is 0 Å². The molecule has 8 nitrogen and oxygen atoms in total. The monoisotopic (exact) mass is 432 g/mol. The molecule has 2 aromatic carbocycles. The van der Waals surface area contributed by atoms with Crippen LogP contribution in [0.25, 0.3) is 11.0 Å².